The van der Waals surface area contributed by atoms with Gasteiger partial charge < -0.3 is 15.1 Å². The molecule has 0 unspecified atom stereocenters. The highest BCUT2D eigenvalue weighted by molar-refractivity contribution is 5.96. The maximum Gasteiger partial charge on any atom is 0.246 e. The summed E-state index contributed by atoms with van der Waals surface area (Å²) in [5.41, 5.74) is 2.77. The van der Waals surface area contributed by atoms with Gasteiger partial charge in [-0.1, -0.05) is 36.4 Å². The second-order valence-corrected chi connectivity index (χ2v) is 6.74. The van der Waals surface area contributed by atoms with Gasteiger partial charge in [-0.25, -0.2) is 0 Å². The molecule has 2 amide bonds. The summed E-state index contributed by atoms with van der Waals surface area (Å²) in [6, 6.07) is 17.5. The van der Waals surface area contributed by atoms with Gasteiger partial charge in [-0.15, -0.1) is 0 Å². The zero-order valence-electron chi connectivity index (χ0n) is 16.6. The number of hydrogen-bond acceptors (Lipinski definition) is 3. The number of carbonyl (C=O) groups is 2. The molecular formula is C22H29N3O2. The molecule has 2 rings (SSSR count). The lowest BCUT2D eigenvalue weighted by Crippen LogP contribution is -2.40. The fourth-order valence-corrected chi connectivity index (χ4v) is 3.06. The van der Waals surface area contributed by atoms with Crippen LogP contribution in [0.15, 0.2) is 54.6 Å². The molecule has 0 spiro atoms. The standard InChI is InChI=1S/C22H29N3O2/c1-5-24(18(4)26)16-19-11-9-10-14-21(19)23-15-22(27)25(17(2)3)20-12-7-6-8-13-20/h6-14,17,23H,5,15-16H2,1-4H3. The van der Waals surface area contributed by atoms with Crippen LogP contribution >= 0.6 is 0 Å². The first-order chi connectivity index (χ1) is 12.9. The topological polar surface area (TPSA) is 52.7 Å². The van der Waals surface area contributed by atoms with E-state index in [-0.39, 0.29) is 24.4 Å². The molecule has 1 N–H and O–H groups in total. The molecule has 2 aromatic carbocycles. The molecule has 0 aromatic heterocycles. The Morgan fingerprint density at radius 3 is 2.22 bits per heavy atom. The van der Waals surface area contributed by atoms with Crippen LogP contribution in [0.25, 0.3) is 0 Å². The molecule has 0 aliphatic carbocycles. The molecule has 0 saturated carbocycles. The van der Waals surface area contributed by atoms with Crippen molar-refractivity contribution in [1.82, 2.24) is 4.90 Å². The molecule has 5 nitrogen and oxygen atoms in total. The molecule has 144 valence electrons. The second-order valence-electron chi connectivity index (χ2n) is 6.74. The molecule has 0 saturated heterocycles. The Labute approximate surface area is 162 Å². The van der Waals surface area contributed by atoms with E-state index >= 15 is 0 Å². The van der Waals surface area contributed by atoms with Crippen LogP contribution in [0.3, 0.4) is 0 Å². The van der Waals surface area contributed by atoms with Crippen LogP contribution in [-0.2, 0) is 16.1 Å². The molecule has 0 fully saturated rings. The first kappa shape index (κ1) is 20.5. The van der Waals surface area contributed by atoms with Gasteiger partial charge in [-0.05, 0) is 44.5 Å². The van der Waals surface area contributed by atoms with Gasteiger partial charge in [0.1, 0.15) is 0 Å². The number of nitrogens with one attached hydrogen (secondary N) is 1. The number of carbonyl (C=O) groups excluding carboxylic acids is 2. The van der Waals surface area contributed by atoms with E-state index in [1.165, 1.54) is 0 Å². The van der Waals surface area contributed by atoms with Crippen molar-refractivity contribution in [1.29, 1.82) is 0 Å². The predicted octanol–water partition coefficient (Wildman–Crippen LogP) is 3.91. The molecular weight excluding hydrogens is 338 g/mol. The van der Waals surface area contributed by atoms with E-state index in [2.05, 4.69) is 5.32 Å². The van der Waals surface area contributed by atoms with Gasteiger partial charge >= 0.3 is 0 Å². The minimum atomic E-state index is 0.00455. The third-order valence-corrected chi connectivity index (χ3v) is 4.46. The van der Waals surface area contributed by atoms with Crippen molar-refractivity contribution in [2.24, 2.45) is 0 Å². The van der Waals surface area contributed by atoms with Gasteiger partial charge in [-0.3, -0.25) is 9.59 Å². The number of para-hydroxylation sites is 2. The zero-order valence-corrected chi connectivity index (χ0v) is 16.6. The molecule has 0 heterocycles. The zero-order chi connectivity index (χ0) is 19.8. The van der Waals surface area contributed by atoms with Gasteiger partial charge in [0.25, 0.3) is 0 Å². The van der Waals surface area contributed by atoms with Crippen molar-refractivity contribution in [2.75, 3.05) is 23.3 Å². The number of rotatable bonds is 8. The lowest BCUT2D eigenvalue weighted by Gasteiger charge is -2.27. The van der Waals surface area contributed by atoms with Gasteiger partial charge in [0, 0.05) is 37.4 Å². The summed E-state index contributed by atoms with van der Waals surface area (Å²) >= 11 is 0. The summed E-state index contributed by atoms with van der Waals surface area (Å²) in [4.78, 5) is 28.1. The Bertz CT molecular complexity index is 759. The van der Waals surface area contributed by atoms with E-state index < -0.39 is 0 Å². The highest BCUT2D eigenvalue weighted by Gasteiger charge is 2.19. The Morgan fingerprint density at radius 1 is 1.00 bits per heavy atom. The minimum absolute atomic E-state index is 0.00455. The van der Waals surface area contributed by atoms with Crippen molar-refractivity contribution in [2.45, 2.75) is 40.3 Å². The summed E-state index contributed by atoms with van der Waals surface area (Å²) in [6.07, 6.45) is 0. The van der Waals surface area contributed by atoms with Crippen molar-refractivity contribution in [3.05, 3.63) is 60.2 Å². The molecule has 0 bridgehead atoms. The van der Waals surface area contributed by atoms with Crippen LogP contribution in [-0.4, -0.2) is 35.8 Å². The van der Waals surface area contributed by atoms with Crippen LogP contribution < -0.4 is 10.2 Å². The smallest absolute Gasteiger partial charge is 0.246 e. The van der Waals surface area contributed by atoms with Crippen LogP contribution in [0.2, 0.25) is 0 Å². The van der Waals surface area contributed by atoms with Gasteiger partial charge in [-0.2, -0.15) is 0 Å². The number of anilines is 2. The third-order valence-electron chi connectivity index (χ3n) is 4.46. The molecule has 0 atom stereocenters. The number of nitrogens with zero attached hydrogens (tertiary/aromatic N) is 2. The van der Waals surface area contributed by atoms with Crippen LogP contribution in [0.5, 0.6) is 0 Å². The molecule has 5 heteroatoms. The number of hydrogen-bond donors (Lipinski definition) is 1. The van der Waals surface area contributed by atoms with E-state index in [1.54, 1.807) is 16.7 Å². The Hall–Kier alpha value is -2.82. The van der Waals surface area contributed by atoms with Crippen molar-refractivity contribution in [3.8, 4) is 0 Å². The average molecular weight is 367 g/mol. The van der Waals surface area contributed by atoms with E-state index in [1.807, 2.05) is 75.4 Å². The molecule has 2 aromatic rings. The maximum absolute atomic E-state index is 12.9. The average Bonchev–Trinajstić information content (AvgIpc) is 2.65. The molecule has 0 radical (unpaired) electrons. The van der Waals surface area contributed by atoms with E-state index in [9.17, 15) is 9.59 Å². The Balaban J connectivity index is 2.11. The number of amides is 2. The highest BCUT2D eigenvalue weighted by atomic mass is 16.2. The Morgan fingerprint density at radius 2 is 1.63 bits per heavy atom. The third kappa shape index (κ3) is 5.58. The lowest BCUT2D eigenvalue weighted by atomic mass is 10.1. The van der Waals surface area contributed by atoms with Crippen LogP contribution in [0, 0.1) is 0 Å². The minimum Gasteiger partial charge on any atom is -0.376 e. The van der Waals surface area contributed by atoms with Gasteiger partial charge in [0.2, 0.25) is 11.8 Å². The lowest BCUT2D eigenvalue weighted by molar-refractivity contribution is -0.129. The number of benzene rings is 2. The second kappa shape index (κ2) is 9.76. The van der Waals surface area contributed by atoms with Crippen molar-refractivity contribution < 1.29 is 9.59 Å². The summed E-state index contributed by atoms with van der Waals surface area (Å²) in [5, 5.41) is 3.26. The molecule has 0 aliphatic heterocycles. The first-order valence-corrected chi connectivity index (χ1v) is 9.38. The SMILES string of the molecule is CCN(Cc1ccccc1NCC(=O)N(c1ccccc1)C(C)C)C(C)=O. The van der Waals surface area contributed by atoms with E-state index in [0.29, 0.717) is 13.1 Å². The highest BCUT2D eigenvalue weighted by Crippen LogP contribution is 2.19. The van der Waals surface area contributed by atoms with Crippen LogP contribution in [0.1, 0.15) is 33.3 Å². The van der Waals surface area contributed by atoms with E-state index in [0.717, 1.165) is 16.9 Å². The normalized spacial score (nSPS) is 10.6. The van der Waals surface area contributed by atoms with Gasteiger partial charge in [0.05, 0.1) is 6.54 Å². The summed E-state index contributed by atoms with van der Waals surface area (Å²) in [5.74, 6) is 0.0448. The van der Waals surface area contributed by atoms with Crippen LogP contribution in [0.4, 0.5) is 11.4 Å². The van der Waals surface area contributed by atoms with E-state index in [4.69, 9.17) is 0 Å². The largest absolute Gasteiger partial charge is 0.376 e. The summed E-state index contributed by atoms with van der Waals surface area (Å²) in [7, 11) is 0. The van der Waals surface area contributed by atoms with Crippen molar-refractivity contribution in [3.63, 3.8) is 0 Å². The Kier molecular flexibility index (Phi) is 7.41. The quantitative estimate of drug-likeness (QED) is 0.770. The molecule has 0 aliphatic rings. The molecule has 27 heavy (non-hydrogen) atoms. The monoisotopic (exact) mass is 367 g/mol. The first-order valence-electron chi connectivity index (χ1n) is 9.38. The van der Waals surface area contributed by atoms with Crippen molar-refractivity contribution >= 4 is 23.2 Å². The summed E-state index contributed by atoms with van der Waals surface area (Å²) < 4.78 is 0. The fraction of sp³-hybridized carbons (Fsp3) is 0.364. The summed E-state index contributed by atoms with van der Waals surface area (Å²) in [6.45, 7) is 8.91. The predicted molar refractivity (Wildman–Crippen MR) is 111 cm³/mol. The maximum atomic E-state index is 12.9. The van der Waals surface area contributed by atoms with Gasteiger partial charge in [0.15, 0.2) is 0 Å². The fourth-order valence-electron chi connectivity index (χ4n) is 3.06.